The molecule has 0 radical (unpaired) electrons. The number of likely N-dealkylation sites (N-methyl/N-ethyl adjacent to an activating group) is 1. The molecular formula is C20H28FN3O3. The van der Waals surface area contributed by atoms with Gasteiger partial charge in [0.2, 0.25) is 17.7 Å². The molecule has 1 aromatic carbocycles. The highest BCUT2D eigenvalue weighted by Gasteiger charge is 2.30. The van der Waals surface area contributed by atoms with Crippen LogP contribution < -0.4 is 5.32 Å². The minimum Gasteiger partial charge on any atom is -0.352 e. The van der Waals surface area contributed by atoms with Crippen LogP contribution in [0.4, 0.5) is 4.39 Å². The SMILES string of the molecule is CC(C)NC(=O)CN(C)C(=O)C1CCCN(C(=O)Cc2ccc(F)cc2)C1. The lowest BCUT2D eigenvalue weighted by atomic mass is 9.96. The van der Waals surface area contributed by atoms with Gasteiger partial charge in [-0.1, -0.05) is 12.1 Å². The van der Waals surface area contributed by atoms with E-state index in [0.717, 1.165) is 12.0 Å². The number of carbonyl (C=O) groups excluding carboxylic acids is 3. The van der Waals surface area contributed by atoms with Gasteiger partial charge in [-0.3, -0.25) is 14.4 Å². The average molecular weight is 377 g/mol. The first kappa shape index (κ1) is 20.9. The predicted octanol–water partition coefficient (Wildman–Crippen LogP) is 1.59. The molecule has 148 valence electrons. The zero-order valence-corrected chi connectivity index (χ0v) is 16.2. The first-order valence-corrected chi connectivity index (χ1v) is 9.33. The van der Waals surface area contributed by atoms with Gasteiger partial charge in [-0.25, -0.2) is 4.39 Å². The summed E-state index contributed by atoms with van der Waals surface area (Å²) in [5.74, 6) is -1.01. The molecule has 7 heteroatoms. The highest BCUT2D eigenvalue weighted by molar-refractivity contribution is 5.86. The van der Waals surface area contributed by atoms with Gasteiger partial charge in [0.1, 0.15) is 5.82 Å². The van der Waals surface area contributed by atoms with Crippen molar-refractivity contribution in [2.24, 2.45) is 5.92 Å². The van der Waals surface area contributed by atoms with E-state index >= 15 is 0 Å². The summed E-state index contributed by atoms with van der Waals surface area (Å²) < 4.78 is 13.0. The maximum Gasteiger partial charge on any atom is 0.239 e. The molecule has 1 heterocycles. The van der Waals surface area contributed by atoms with Crippen LogP contribution in [0.3, 0.4) is 0 Å². The van der Waals surface area contributed by atoms with Crippen molar-refractivity contribution >= 4 is 17.7 Å². The molecule has 1 atom stereocenters. The summed E-state index contributed by atoms with van der Waals surface area (Å²) in [4.78, 5) is 40.2. The monoisotopic (exact) mass is 377 g/mol. The maximum absolute atomic E-state index is 13.0. The number of amides is 3. The largest absolute Gasteiger partial charge is 0.352 e. The molecule has 0 spiro atoms. The van der Waals surface area contributed by atoms with Gasteiger partial charge >= 0.3 is 0 Å². The number of likely N-dealkylation sites (tertiary alicyclic amines) is 1. The molecule has 1 saturated heterocycles. The Labute approximate surface area is 159 Å². The Morgan fingerprint density at radius 2 is 1.93 bits per heavy atom. The third-order valence-electron chi connectivity index (χ3n) is 4.60. The van der Waals surface area contributed by atoms with Gasteiger partial charge in [0.05, 0.1) is 18.9 Å². The van der Waals surface area contributed by atoms with E-state index in [2.05, 4.69) is 5.32 Å². The van der Waals surface area contributed by atoms with Crippen molar-refractivity contribution in [2.75, 3.05) is 26.7 Å². The van der Waals surface area contributed by atoms with Gasteiger partial charge in [0.15, 0.2) is 0 Å². The van der Waals surface area contributed by atoms with E-state index in [4.69, 9.17) is 0 Å². The molecule has 0 aliphatic carbocycles. The van der Waals surface area contributed by atoms with Crippen LogP contribution in [0.15, 0.2) is 24.3 Å². The van der Waals surface area contributed by atoms with E-state index in [9.17, 15) is 18.8 Å². The second-order valence-electron chi connectivity index (χ2n) is 7.40. The lowest BCUT2D eigenvalue weighted by Gasteiger charge is -2.34. The van der Waals surface area contributed by atoms with E-state index in [-0.39, 0.29) is 48.5 Å². The zero-order valence-electron chi connectivity index (χ0n) is 16.2. The average Bonchev–Trinajstić information content (AvgIpc) is 2.62. The Morgan fingerprint density at radius 3 is 2.56 bits per heavy atom. The number of halogens is 1. The molecule has 1 unspecified atom stereocenters. The van der Waals surface area contributed by atoms with Crippen molar-refractivity contribution in [3.05, 3.63) is 35.6 Å². The zero-order chi connectivity index (χ0) is 20.0. The Balaban J connectivity index is 1.90. The van der Waals surface area contributed by atoms with Crippen LogP contribution in [0.25, 0.3) is 0 Å². The summed E-state index contributed by atoms with van der Waals surface area (Å²) in [5, 5.41) is 2.77. The van der Waals surface area contributed by atoms with Crippen molar-refractivity contribution in [3.8, 4) is 0 Å². The number of nitrogens with one attached hydrogen (secondary N) is 1. The summed E-state index contributed by atoms with van der Waals surface area (Å²) in [5.41, 5.74) is 0.748. The molecule has 3 amide bonds. The van der Waals surface area contributed by atoms with Gasteiger partial charge in [-0.2, -0.15) is 0 Å². The molecule has 0 saturated carbocycles. The quantitative estimate of drug-likeness (QED) is 0.819. The van der Waals surface area contributed by atoms with Crippen LogP contribution in [-0.4, -0.2) is 60.2 Å². The fourth-order valence-electron chi connectivity index (χ4n) is 3.27. The predicted molar refractivity (Wildman–Crippen MR) is 100 cm³/mol. The Bertz CT molecular complexity index is 676. The Hall–Kier alpha value is -2.44. The Morgan fingerprint density at radius 1 is 1.26 bits per heavy atom. The molecule has 0 bridgehead atoms. The van der Waals surface area contributed by atoms with Crippen LogP contribution in [0.5, 0.6) is 0 Å². The number of hydrogen-bond acceptors (Lipinski definition) is 3. The number of carbonyl (C=O) groups is 3. The number of benzene rings is 1. The summed E-state index contributed by atoms with van der Waals surface area (Å²) in [6.45, 7) is 4.71. The second kappa shape index (κ2) is 9.48. The molecule has 1 aliphatic rings. The van der Waals surface area contributed by atoms with Crippen molar-refractivity contribution in [1.29, 1.82) is 0 Å². The van der Waals surface area contributed by atoms with Gasteiger partial charge < -0.3 is 15.1 Å². The van der Waals surface area contributed by atoms with Gasteiger partial charge in [0.25, 0.3) is 0 Å². The summed E-state index contributed by atoms with van der Waals surface area (Å²) in [6.07, 6.45) is 1.64. The number of piperidine rings is 1. The lowest BCUT2D eigenvalue weighted by Crippen LogP contribution is -2.48. The molecule has 6 nitrogen and oxygen atoms in total. The highest BCUT2D eigenvalue weighted by Crippen LogP contribution is 2.19. The molecule has 0 aromatic heterocycles. The maximum atomic E-state index is 13.0. The van der Waals surface area contributed by atoms with E-state index in [1.165, 1.54) is 17.0 Å². The highest BCUT2D eigenvalue weighted by atomic mass is 19.1. The fourth-order valence-corrected chi connectivity index (χ4v) is 3.27. The smallest absolute Gasteiger partial charge is 0.239 e. The van der Waals surface area contributed by atoms with E-state index in [0.29, 0.717) is 19.5 Å². The molecule has 1 N–H and O–H groups in total. The molecule has 2 rings (SSSR count). The first-order chi connectivity index (χ1) is 12.8. The standard InChI is InChI=1S/C20H28FN3O3/c1-14(2)22-18(25)13-23(3)20(27)16-5-4-10-24(12-16)19(26)11-15-6-8-17(21)9-7-15/h6-9,14,16H,4-5,10-13H2,1-3H3,(H,22,25). The third-order valence-corrected chi connectivity index (χ3v) is 4.60. The van der Waals surface area contributed by atoms with Gasteiger partial charge in [0, 0.05) is 26.2 Å². The normalized spacial score (nSPS) is 16.9. The molecule has 1 fully saturated rings. The van der Waals surface area contributed by atoms with Crippen LogP contribution in [0.2, 0.25) is 0 Å². The molecule has 1 aromatic rings. The van der Waals surface area contributed by atoms with E-state index in [1.807, 2.05) is 13.8 Å². The van der Waals surface area contributed by atoms with Crippen molar-refractivity contribution < 1.29 is 18.8 Å². The summed E-state index contributed by atoms with van der Waals surface area (Å²) in [6, 6.07) is 5.89. The van der Waals surface area contributed by atoms with Gasteiger partial charge in [-0.05, 0) is 44.4 Å². The fraction of sp³-hybridized carbons (Fsp3) is 0.550. The van der Waals surface area contributed by atoms with Crippen molar-refractivity contribution in [2.45, 2.75) is 39.2 Å². The summed E-state index contributed by atoms with van der Waals surface area (Å²) in [7, 11) is 1.61. The number of rotatable bonds is 6. The van der Waals surface area contributed by atoms with Crippen molar-refractivity contribution in [3.63, 3.8) is 0 Å². The molecule has 27 heavy (non-hydrogen) atoms. The second-order valence-corrected chi connectivity index (χ2v) is 7.40. The lowest BCUT2D eigenvalue weighted by molar-refractivity contribution is -0.142. The first-order valence-electron chi connectivity index (χ1n) is 9.33. The molecule has 1 aliphatic heterocycles. The van der Waals surface area contributed by atoms with Crippen LogP contribution in [0, 0.1) is 11.7 Å². The Kier molecular flexibility index (Phi) is 7.33. The van der Waals surface area contributed by atoms with E-state index < -0.39 is 0 Å². The van der Waals surface area contributed by atoms with Gasteiger partial charge in [-0.15, -0.1) is 0 Å². The van der Waals surface area contributed by atoms with Crippen LogP contribution >= 0.6 is 0 Å². The number of hydrogen-bond donors (Lipinski definition) is 1. The van der Waals surface area contributed by atoms with Crippen LogP contribution in [-0.2, 0) is 20.8 Å². The number of nitrogens with zero attached hydrogens (tertiary/aromatic N) is 2. The topological polar surface area (TPSA) is 69.7 Å². The van der Waals surface area contributed by atoms with Crippen molar-refractivity contribution in [1.82, 2.24) is 15.1 Å². The third kappa shape index (κ3) is 6.34. The van der Waals surface area contributed by atoms with Crippen LogP contribution in [0.1, 0.15) is 32.3 Å². The molecular weight excluding hydrogens is 349 g/mol. The minimum atomic E-state index is -0.334. The van der Waals surface area contributed by atoms with E-state index in [1.54, 1.807) is 24.1 Å². The summed E-state index contributed by atoms with van der Waals surface area (Å²) >= 11 is 0. The minimum absolute atomic E-state index is 0.0110.